The van der Waals surface area contributed by atoms with E-state index >= 15 is 0 Å². The van der Waals surface area contributed by atoms with E-state index < -0.39 is 32.0 Å². The Labute approximate surface area is 304 Å². The van der Waals surface area contributed by atoms with Crippen molar-refractivity contribution in [3.8, 4) is 11.5 Å². The summed E-state index contributed by atoms with van der Waals surface area (Å²) in [6, 6.07) is 20.4. The molecule has 0 saturated heterocycles. The van der Waals surface area contributed by atoms with Crippen LogP contribution in [-0.2, 0) is 29.5 Å². The van der Waals surface area contributed by atoms with E-state index in [1.807, 2.05) is 13.8 Å². The van der Waals surface area contributed by atoms with Crippen LogP contribution >= 0.6 is 11.6 Å². The minimum absolute atomic E-state index is 0.0899. The Balaban J connectivity index is 0.000000276. The molecule has 0 fully saturated rings. The SMILES string of the molecule is CCOC(=O)c1cc(Cl)c(N(C)S(=O)(=O)c2ccc(C)cc2)cc1OC.CCOC(=O)c1ccc(N(C)S(=O)(=O)c2ccc(C)cc2)cc1OC. The molecule has 0 saturated carbocycles. The number of sulfonamides is 2. The Bertz CT molecular complexity index is 2070. The fourth-order valence-corrected chi connectivity index (χ4v) is 7.31. The number of carbonyl (C=O) groups excluding carboxylic acids is 2. The molecule has 0 atom stereocenters. The van der Waals surface area contributed by atoms with Crippen molar-refractivity contribution in [2.45, 2.75) is 37.5 Å². The second-order valence-corrected chi connectivity index (χ2v) is 15.2. The molecule has 15 heteroatoms. The molecule has 0 aliphatic rings. The van der Waals surface area contributed by atoms with Gasteiger partial charge in [0.1, 0.15) is 22.6 Å². The first-order valence-corrected chi connectivity index (χ1v) is 18.8. The van der Waals surface area contributed by atoms with E-state index in [0.717, 1.165) is 19.7 Å². The zero-order chi connectivity index (χ0) is 38.1. The maximum atomic E-state index is 12.9. The van der Waals surface area contributed by atoms with Gasteiger partial charge in [0, 0.05) is 26.2 Å². The molecule has 0 radical (unpaired) electrons. The first-order valence-electron chi connectivity index (χ1n) is 15.5. The fourth-order valence-electron chi connectivity index (χ4n) is 4.58. The summed E-state index contributed by atoms with van der Waals surface area (Å²) in [5.74, 6) is -0.687. The molecule has 274 valence electrons. The number of hydrogen-bond acceptors (Lipinski definition) is 10. The molecule has 4 rings (SSSR count). The van der Waals surface area contributed by atoms with Crippen molar-refractivity contribution in [3.05, 3.63) is 106 Å². The largest absolute Gasteiger partial charge is 0.496 e. The van der Waals surface area contributed by atoms with E-state index in [1.165, 1.54) is 64.7 Å². The third kappa shape index (κ3) is 9.51. The van der Waals surface area contributed by atoms with E-state index in [1.54, 1.807) is 56.3 Å². The molecule has 0 amide bonds. The molecule has 0 unspecified atom stereocenters. The molecule has 0 N–H and O–H groups in total. The number of carbonyl (C=O) groups is 2. The summed E-state index contributed by atoms with van der Waals surface area (Å²) in [6.07, 6.45) is 0. The lowest BCUT2D eigenvalue weighted by atomic mass is 10.2. The van der Waals surface area contributed by atoms with Crippen LogP contribution in [0.4, 0.5) is 11.4 Å². The lowest BCUT2D eigenvalue weighted by Gasteiger charge is -2.22. The number of methoxy groups -OCH3 is 2. The lowest BCUT2D eigenvalue weighted by Crippen LogP contribution is -2.27. The minimum Gasteiger partial charge on any atom is -0.496 e. The van der Waals surface area contributed by atoms with E-state index in [2.05, 4.69) is 0 Å². The van der Waals surface area contributed by atoms with Crippen LogP contribution < -0.4 is 18.1 Å². The van der Waals surface area contributed by atoms with Gasteiger partial charge in [-0.15, -0.1) is 0 Å². The van der Waals surface area contributed by atoms with Gasteiger partial charge < -0.3 is 18.9 Å². The van der Waals surface area contributed by atoms with Gasteiger partial charge in [0.15, 0.2) is 0 Å². The number of ether oxygens (including phenoxy) is 4. The fraction of sp³-hybridized carbons (Fsp3) is 0.278. The van der Waals surface area contributed by atoms with Gasteiger partial charge in [-0.05, 0) is 70.2 Å². The second kappa shape index (κ2) is 17.4. The Morgan fingerprint density at radius 3 is 1.51 bits per heavy atom. The molecule has 0 spiro atoms. The van der Waals surface area contributed by atoms with Crippen LogP contribution in [-0.4, -0.2) is 70.3 Å². The first-order chi connectivity index (χ1) is 24.0. The minimum atomic E-state index is -3.82. The van der Waals surface area contributed by atoms with Crippen LogP contribution in [0.2, 0.25) is 5.02 Å². The smallest absolute Gasteiger partial charge is 0.341 e. The number of benzene rings is 4. The number of aryl methyl sites for hydroxylation is 2. The van der Waals surface area contributed by atoms with E-state index in [-0.39, 0.29) is 56.3 Å². The summed E-state index contributed by atoms with van der Waals surface area (Å²) in [6.45, 7) is 7.59. The molecular formula is C36H41ClN2O10S2. The number of anilines is 2. The highest BCUT2D eigenvalue weighted by Crippen LogP contribution is 2.36. The van der Waals surface area contributed by atoms with Gasteiger partial charge in [0.05, 0.1) is 53.6 Å². The van der Waals surface area contributed by atoms with E-state index in [9.17, 15) is 26.4 Å². The van der Waals surface area contributed by atoms with Crippen LogP contribution in [0, 0.1) is 13.8 Å². The number of halogens is 1. The quantitative estimate of drug-likeness (QED) is 0.144. The number of nitrogens with zero attached hydrogens (tertiary/aromatic N) is 2. The predicted molar refractivity (Wildman–Crippen MR) is 196 cm³/mol. The monoisotopic (exact) mass is 760 g/mol. The molecular weight excluding hydrogens is 720 g/mol. The second-order valence-electron chi connectivity index (χ2n) is 10.9. The van der Waals surface area contributed by atoms with E-state index in [4.69, 9.17) is 30.5 Å². The zero-order valence-corrected chi connectivity index (χ0v) is 32.0. The summed E-state index contributed by atoms with van der Waals surface area (Å²) in [5.41, 5.74) is 2.87. The van der Waals surface area contributed by atoms with Crippen molar-refractivity contribution >= 4 is 55.0 Å². The van der Waals surface area contributed by atoms with Gasteiger partial charge in [0.2, 0.25) is 0 Å². The summed E-state index contributed by atoms with van der Waals surface area (Å²) < 4.78 is 73.8. The Morgan fingerprint density at radius 2 is 1.06 bits per heavy atom. The van der Waals surface area contributed by atoms with Crippen molar-refractivity contribution in [3.63, 3.8) is 0 Å². The Morgan fingerprint density at radius 1 is 0.627 bits per heavy atom. The van der Waals surface area contributed by atoms with Crippen molar-refractivity contribution < 1.29 is 45.4 Å². The van der Waals surface area contributed by atoms with Gasteiger partial charge in [-0.2, -0.15) is 0 Å². The number of esters is 2. The van der Waals surface area contributed by atoms with Crippen molar-refractivity contribution in [2.75, 3.05) is 50.1 Å². The standard InChI is InChI=1S/C18H20ClNO5S.C18H21NO5S/c1-5-25-18(21)14-10-15(19)16(11-17(14)24-4)20(3)26(22,23)13-8-6-12(2)7-9-13;1-5-24-18(20)16-11-8-14(12-17(16)23-4)19(3)25(21,22)15-9-6-13(2)7-10-15/h6-11H,5H2,1-4H3;6-12H,5H2,1-4H3. The van der Waals surface area contributed by atoms with Crippen molar-refractivity contribution in [1.82, 2.24) is 0 Å². The van der Waals surface area contributed by atoms with Crippen LogP contribution in [0.1, 0.15) is 45.7 Å². The summed E-state index contributed by atoms with van der Waals surface area (Å²) >= 11 is 6.25. The highest BCUT2D eigenvalue weighted by Gasteiger charge is 2.26. The molecule has 51 heavy (non-hydrogen) atoms. The maximum Gasteiger partial charge on any atom is 0.341 e. The van der Waals surface area contributed by atoms with Crippen LogP contribution in [0.25, 0.3) is 0 Å². The topological polar surface area (TPSA) is 146 Å². The average Bonchev–Trinajstić information content (AvgIpc) is 3.11. The lowest BCUT2D eigenvalue weighted by molar-refractivity contribution is 0.0513. The molecule has 0 heterocycles. The molecule has 12 nitrogen and oxygen atoms in total. The summed E-state index contributed by atoms with van der Waals surface area (Å²) in [4.78, 5) is 24.3. The molecule has 0 aromatic heterocycles. The highest BCUT2D eigenvalue weighted by molar-refractivity contribution is 7.93. The Hall–Kier alpha value is -4.79. The van der Waals surface area contributed by atoms with Crippen LogP contribution in [0.15, 0.2) is 88.7 Å². The predicted octanol–water partition coefficient (Wildman–Crippen LogP) is 6.66. The van der Waals surface area contributed by atoms with Crippen molar-refractivity contribution in [2.24, 2.45) is 0 Å². The zero-order valence-electron chi connectivity index (χ0n) is 29.6. The summed E-state index contributed by atoms with van der Waals surface area (Å²) in [5, 5.41) is 0.0899. The van der Waals surface area contributed by atoms with Gasteiger partial charge in [0.25, 0.3) is 20.0 Å². The van der Waals surface area contributed by atoms with Crippen molar-refractivity contribution in [1.29, 1.82) is 0 Å². The van der Waals surface area contributed by atoms with E-state index in [0.29, 0.717) is 5.69 Å². The molecule has 0 bridgehead atoms. The third-order valence-electron chi connectivity index (χ3n) is 7.51. The van der Waals surface area contributed by atoms with Gasteiger partial charge >= 0.3 is 11.9 Å². The highest BCUT2D eigenvalue weighted by atomic mass is 35.5. The maximum absolute atomic E-state index is 12.9. The molecule has 4 aromatic rings. The first kappa shape index (κ1) is 40.6. The van der Waals surface area contributed by atoms with Gasteiger partial charge in [-0.3, -0.25) is 8.61 Å². The molecule has 4 aromatic carbocycles. The van der Waals surface area contributed by atoms with Gasteiger partial charge in [-0.25, -0.2) is 26.4 Å². The average molecular weight is 761 g/mol. The van der Waals surface area contributed by atoms with Crippen LogP contribution in [0.5, 0.6) is 11.5 Å². The third-order valence-corrected chi connectivity index (χ3v) is 11.4. The molecule has 0 aliphatic carbocycles. The van der Waals surface area contributed by atoms with Crippen LogP contribution in [0.3, 0.4) is 0 Å². The normalized spacial score (nSPS) is 11.1. The van der Waals surface area contributed by atoms with Gasteiger partial charge in [-0.1, -0.05) is 47.0 Å². The number of hydrogen-bond donors (Lipinski definition) is 0. The summed E-state index contributed by atoms with van der Waals surface area (Å²) in [7, 11) is -1.90. The number of rotatable bonds is 12. The molecule has 0 aliphatic heterocycles. The Kier molecular flexibility index (Phi) is 13.9.